The molecule has 0 radical (unpaired) electrons. The standard InChI is InChI=1S/C19H14F4N4OS/c20-14-3-2-11(7-16(14)28)27-10-26(17(29)18(27)4-1-5-18)12-6-13(19(21,22)23)15(8-24)25-9-12/h2-3,6-7,9,28H,1,4-5,10H2. The molecule has 1 aromatic carbocycles. The Kier molecular flexibility index (Phi) is 4.38. The first-order valence-corrected chi connectivity index (χ1v) is 9.14. The molecule has 2 aliphatic rings. The number of aromatic nitrogens is 1. The summed E-state index contributed by atoms with van der Waals surface area (Å²) in [5, 5.41) is 18.7. The Balaban J connectivity index is 1.76. The monoisotopic (exact) mass is 422 g/mol. The molecule has 1 aliphatic heterocycles. The molecule has 1 saturated carbocycles. The van der Waals surface area contributed by atoms with Gasteiger partial charge in [-0.2, -0.15) is 18.4 Å². The molecule has 5 nitrogen and oxygen atoms in total. The summed E-state index contributed by atoms with van der Waals surface area (Å²) >= 11 is 5.62. The average molecular weight is 422 g/mol. The number of hydrogen-bond donors (Lipinski definition) is 1. The van der Waals surface area contributed by atoms with E-state index in [1.807, 2.05) is 4.90 Å². The number of nitrogens with zero attached hydrogens (tertiary/aromatic N) is 4. The van der Waals surface area contributed by atoms with Crippen LogP contribution in [0.4, 0.5) is 28.9 Å². The number of thiocarbonyl (C=S) groups is 1. The molecule has 1 N–H and O–H groups in total. The van der Waals surface area contributed by atoms with Crippen LogP contribution in [0.5, 0.6) is 5.75 Å². The molecule has 0 amide bonds. The van der Waals surface area contributed by atoms with Crippen LogP contribution in [-0.4, -0.2) is 27.3 Å². The second-order valence-corrected chi connectivity index (χ2v) is 7.41. The predicted molar refractivity (Wildman–Crippen MR) is 101 cm³/mol. The molecule has 2 heterocycles. The maximum Gasteiger partial charge on any atom is 0.419 e. The van der Waals surface area contributed by atoms with Crippen LogP contribution in [0.25, 0.3) is 0 Å². The van der Waals surface area contributed by atoms with E-state index in [-0.39, 0.29) is 12.4 Å². The van der Waals surface area contributed by atoms with Gasteiger partial charge in [-0.3, -0.25) is 0 Å². The molecule has 10 heteroatoms. The van der Waals surface area contributed by atoms with E-state index in [1.165, 1.54) is 29.3 Å². The van der Waals surface area contributed by atoms with Crippen LogP contribution < -0.4 is 9.80 Å². The summed E-state index contributed by atoms with van der Waals surface area (Å²) in [5.74, 6) is -1.28. The van der Waals surface area contributed by atoms with Crippen LogP contribution in [0.15, 0.2) is 30.5 Å². The summed E-state index contributed by atoms with van der Waals surface area (Å²) in [4.78, 5) is 7.51. The van der Waals surface area contributed by atoms with Crippen LogP contribution >= 0.6 is 12.2 Å². The first-order valence-electron chi connectivity index (χ1n) is 8.73. The van der Waals surface area contributed by atoms with Crippen molar-refractivity contribution in [3.8, 4) is 11.8 Å². The van der Waals surface area contributed by atoms with E-state index in [0.717, 1.165) is 18.6 Å². The second kappa shape index (κ2) is 6.56. The second-order valence-electron chi connectivity index (χ2n) is 7.02. The van der Waals surface area contributed by atoms with Crippen molar-refractivity contribution in [1.29, 1.82) is 5.26 Å². The van der Waals surface area contributed by atoms with Crippen molar-refractivity contribution in [2.75, 3.05) is 16.5 Å². The molecule has 1 saturated heterocycles. The van der Waals surface area contributed by atoms with Gasteiger partial charge in [0.15, 0.2) is 17.3 Å². The molecule has 1 spiro atoms. The number of phenols is 1. The Morgan fingerprint density at radius 2 is 1.93 bits per heavy atom. The van der Waals surface area contributed by atoms with Crippen LogP contribution in [-0.2, 0) is 6.18 Å². The van der Waals surface area contributed by atoms with Gasteiger partial charge in [0, 0.05) is 11.8 Å². The van der Waals surface area contributed by atoms with E-state index in [4.69, 9.17) is 17.5 Å². The van der Waals surface area contributed by atoms with Gasteiger partial charge in [0.2, 0.25) is 0 Å². The van der Waals surface area contributed by atoms with Gasteiger partial charge >= 0.3 is 6.18 Å². The lowest BCUT2D eigenvalue weighted by molar-refractivity contribution is -0.138. The predicted octanol–water partition coefficient (Wildman–Crippen LogP) is 4.35. The smallest absolute Gasteiger partial charge is 0.419 e. The molecular weight excluding hydrogens is 408 g/mol. The quantitative estimate of drug-likeness (QED) is 0.574. The highest BCUT2D eigenvalue weighted by Crippen LogP contribution is 2.48. The number of aromatic hydroxyl groups is 1. The zero-order valence-electron chi connectivity index (χ0n) is 14.9. The van der Waals surface area contributed by atoms with Crippen LogP contribution in [0, 0.1) is 17.1 Å². The SMILES string of the molecule is N#Cc1ncc(N2CN(c3ccc(F)c(O)c3)C3(CCC3)C2=S)cc1C(F)(F)F. The Bertz CT molecular complexity index is 1050. The Morgan fingerprint density at radius 1 is 1.21 bits per heavy atom. The lowest BCUT2D eigenvalue weighted by Crippen LogP contribution is -2.54. The van der Waals surface area contributed by atoms with E-state index in [9.17, 15) is 22.7 Å². The average Bonchev–Trinajstić information content (AvgIpc) is 2.96. The highest BCUT2D eigenvalue weighted by atomic mass is 32.1. The normalized spacial score (nSPS) is 18.1. The number of benzene rings is 1. The number of halogens is 4. The molecule has 0 unspecified atom stereocenters. The van der Waals surface area contributed by atoms with E-state index >= 15 is 0 Å². The van der Waals surface area contributed by atoms with E-state index in [1.54, 1.807) is 0 Å². The van der Waals surface area contributed by atoms with Crippen molar-refractivity contribution in [3.05, 3.63) is 47.5 Å². The Morgan fingerprint density at radius 3 is 2.48 bits per heavy atom. The van der Waals surface area contributed by atoms with Crippen LogP contribution in [0.2, 0.25) is 0 Å². The van der Waals surface area contributed by atoms with Crippen molar-refractivity contribution in [2.24, 2.45) is 0 Å². The van der Waals surface area contributed by atoms with Gasteiger partial charge in [0.25, 0.3) is 0 Å². The highest BCUT2D eigenvalue weighted by molar-refractivity contribution is 7.80. The Hall–Kier alpha value is -2.93. The molecule has 4 rings (SSSR count). The molecule has 1 aliphatic carbocycles. The molecule has 0 bridgehead atoms. The molecule has 0 atom stereocenters. The lowest BCUT2D eigenvalue weighted by Gasteiger charge is -2.45. The summed E-state index contributed by atoms with van der Waals surface area (Å²) in [7, 11) is 0. The van der Waals surface area contributed by atoms with Crippen molar-refractivity contribution >= 4 is 28.6 Å². The third kappa shape index (κ3) is 2.97. The van der Waals surface area contributed by atoms with Crippen LogP contribution in [0.3, 0.4) is 0 Å². The van der Waals surface area contributed by atoms with Gasteiger partial charge in [-0.05, 0) is 37.5 Å². The van der Waals surface area contributed by atoms with Crippen molar-refractivity contribution in [2.45, 2.75) is 31.0 Å². The molecular formula is C19H14F4N4OS. The summed E-state index contributed by atoms with van der Waals surface area (Å²) in [6.45, 7) is 0.120. The fraction of sp³-hybridized carbons (Fsp3) is 0.316. The summed E-state index contributed by atoms with van der Waals surface area (Å²) in [6, 6.07) is 6.24. The zero-order chi connectivity index (χ0) is 21.0. The number of rotatable bonds is 2. The van der Waals surface area contributed by atoms with E-state index in [2.05, 4.69) is 4.98 Å². The molecule has 2 fully saturated rings. The summed E-state index contributed by atoms with van der Waals surface area (Å²) < 4.78 is 53.5. The van der Waals surface area contributed by atoms with Gasteiger partial charge in [-0.25, -0.2) is 9.37 Å². The van der Waals surface area contributed by atoms with Gasteiger partial charge in [-0.15, -0.1) is 0 Å². The molecule has 150 valence electrons. The van der Waals surface area contributed by atoms with Crippen molar-refractivity contribution < 1.29 is 22.7 Å². The Labute approximate surface area is 168 Å². The minimum absolute atomic E-state index is 0.120. The minimum Gasteiger partial charge on any atom is -0.505 e. The third-order valence-electron chi connectivity index (χ3n) is 5.46. The fourth-order valence-corrected chi connectivity index (χ4v) is 4.28. The number of phenolic OH excluding ortho intramolecular Hbond substituents is 1. The number of pyridine rings is 1. The number of alkyl halides is 3. The third-order valence-corrected chi connectivity index (χ3v) is 6.06. The molecule has 2 aromatic rings. The first kappa shape index (κ1) is 19.4. The summed E-state index contributed by atoms with van der Waals surface area (Å²) in [6.07, 6.45) is -1.27. The van der Waals surface area contributed by atoms with E-state index in [0.29, 0.717) is 23.5 Å². The maximum absolute atomic E-state index is 13.5. The van der Waals surface area contributed by atoms with Gasteiger partial charge in [0.05, 0.1) is 29.7 Å². The highest BCUT2D eigenvalue weighted by Gasteiger charge is 2.54. The number of nitriles is 1. The zero-order valence-corrected chi connectivity index (χ0v) is 15.7. The molecule has 29 heavy (non-hydrogen) atoms. The van der Waals surface area contributed by atoms with E-state index < -0.39 is 34.5 Å². The maximum atomic E-state index is 13.5. The topological polar surface area (TPSA) is 63.4 Å². The lowest BCUT2D eigenvalue weighted by atomic mass is 9.75. The number of hydrogen-bond acceptors (Lipinski definition) is 5. The van der Waals surface area contributed by atoms with Crippen molar-refractivity contribution in [3.63, 3.8) is 0 Å². The number of anilines is 2. The van der Waals surface area contributed by atoms with Crippen molar-refractivity contribution in [1.82, 2.24) is 4.98 Å². The van der Waals surface area contributed by atoms with Gasteiger partial charge < -0.3 is 14.9 Å². The van der Waals surface area contributed by atoms with Crippen LogP contribution in [0.1, 0.15) is 30.5 Å². The largest absolute Gasteiger partial charge is 0.505 e. The minimum atomic E-state index is -4.73. The molecule has 1 aromatic heterocycles. The summed E-state index contributed by atoms with van der Waals surface area (Å²) in [5.41, 5.74) is -1.77. The van der Waals surface area contributed by atoms with Gasteiger partial charge in [0.1, 0.15) is 11.1 Å². The fourth-order valence-electron chi connectivity index (χ4n) is 3.81. The van der Waals surface area contributed by atoms with Gasteiger partial charge in [-0.1, -0.05) is 12.2 Å². The first-order chi connectivity index (χ1) is 13.7.